The molecule has 0 radical (unpaired) electrons. The first kappa shape index (κ1) is 16.4. The summed E-state index contributed by atoms with van der Waals surface area (Å²) in [5.41, 5.74) is 0.675. The molecule has 3 aliphatic rings. The Labute approximate surface area is 142 Å². The Hall–Kier alpha value is -1.43. The molecular weight excluding hydrogens is 310 g/mol. The zero-order chi connectivity index (χ0) is 16.7. The first-order chi connectivity index (χ1) is 11.0. The quantitative estimate of drug-likeness (QED) is 0.371. The number of amides is 1. The lowest BCUT2D eigenvalue weighted by atomic mass is 9.85. The zero-order valence-corrected chi connectivity index (χ0v) is 14.9. The topological polar surface area (TPSA) is 56.1 Å². The molecule has 23 heavy (non-hydrogen) atoms. The number of amidine groups is 1. The molecule has 2 unspecified atom stereocenters. The zero-order valence-electron chi connectivity index (χ0n) is 14.1. The fourth-order valence-electron chi connectivity index (χ4n) is 3.85. The Balaban J connectivity index is 1.73. The molecule has 1 amide bonds. The number of hydrogen-bond acceptors (Lipinski definition) is 4. The highest BCUT2D eigenvalue weighted by Gasteiger charge is 2.53. The molecule has 2 fully saturated rings. The molecular formula is C17H25N3O2S. The normalized spacial score (nSPS) is 30.8. The Morgan fingerprint density at radius 1 is 1.52 bits per heavy atom. The number of nitrogens with zero attached hydrogens (tertiary/aromatic N) is 3. The third-order valence-electron chi connectivity index (χ3n) is 5.20. The molecule has 0 spiro atoms. The number of hydrogen-bond donors (Lipinski definition) is 1. The van der Waals surface area contributed by atoms with Crippen LogP contribution in [0, 0.1) is 5.92 Å². The van der Waals surface area contributed by atoms with Crippen molar-refractivity contribution in [1.29, 1.82) is 0 Å². The van der Waals surface area contributed by atoms with Gasteiger partial charge < -0.3 is 14.9 Å². The second-order valence-electron chi connectivity index (χ2n) is 6.46. The lowest BCUT2D eigenvalue weighted by Crippen LogP contribution is -2.57. The maximum Gasteiger partial charge on any atom is 0.232 e. The Bertz CT molecular complexity index is 599. The summed E-state index contributed by atoms with van der Waals surface area (Å²) in [5.74, 6) is 1.35. The Morgan fingerprint density at radius 2 is 2.26 bits per heavy atom. The van der Waals surface area contributed by atoms with E-state index in [1.807, 2.05) is 25.7 Å². The van der Waals surface area contributed by atoms with Crippen molar-refractivity contribution in [1.82, 2.24) is 9.80 Å². The monoisotopic (exact) mass is 335 g/mol. The van der Waals surface area contributed by atoms with Gasteiger partial charge in [-0.15, -0.1) is 11.8 Å². The molecule has 2 saturated heterocycles. The maximum absolute atomic E-state index is 12.3. The smallest absolute Gasteiger partial charge is 0.232 e. The molecule has 3 atom stereocenters. The van der Waals surface area contributed by atoms with Crippen LogP contribution in [0.5, 0.6) is 0 Å². The number of aliphatic hydroxyl groups excluding tert-OH is 1. The molecule has 0 aromatic carbocycles. The molecule has 3 rings (SSSR count). The van der Waals surface area contributed by atoms with Crippen molar-refractivity contribution in [2.24, 2.45) is 10.9 Å². The molecule has 0 aromatic heterocycles. The molecule has 0 aliphatic carbocycles. The summed E-state index contributed by atoms with van der Waals surface area (Å²) in [5, 5.41) is 10.5. The fraction of sp³-hybridized carbons (Fsp3) is 0.647. The van der Waals surface area contributed by atoms with Crippen molar-refractivity contribution in [3.8, 4) is 0 Å². The highest BCUT2D eigenvalue weighted by molar-refractivity contribution is 8.03. The van der Waals surface area contributed by atoms with Gasteiger partial charge in [0.2, 0.25) is 5.91 Å². The predicted molar refractivity (Wildman–Crippen MR) is 94.4 cm³/mol. The maximum atomic E-state index is 12.3. The van der Waals surface area contributed by atoms with Crippen LogP contribution in [0.1, 0.15) is 33.1 Å². The minimum Gasteiger partial charge on any atom is -0.506 e. The van der Waals surface area contributed by atoms with Gasteiger partial charge in [-0.05, 0) is 19.8 Å². The summed E-state index contributed by atoms with van der Waals surface area (Å²) in [7, 11) is 1.82. The lowest BCUT2D eigenvalue weighted by Gasteiger charge is -2.43. The molecule has 0 aromatic rings. The van der Waals surface area contributed by atoms with E-state index in [1.54, 1.807) is 4.90 Å². The first-order valence-electron chi connectivity index (χ1n) is 8.27. The van der Waals surface area contributed by atoms with E-state index in [-0.39, 0.29) is 23.6 Å². The van der Waals surface area contributed by atoms with E-state index in [2.05, 4.69) is 23.4 Å². The van der Waals surface area contributed by atoms with Crippen molar-refractivity contribution in [3.05, 3.63) is 22.9 Å². The summed E-state index contributed by atoms with van der Waals surface area (Å²) in [6, 6.07) is 0.227. The first-order valence-corrected chi connectivity index (χ1v) is 9.15. The van der Waals surface area contributed by atoms with Gasteiger partial charge in [-0.2, -0.15) is 0 Å². The van der Waals surface area contributed by atoms with Gasteiger partial charge in [0.15, 0.2) is 0 Å². The number of aliphatic hydroxyl groups is 1. The second kappa shape index (κ2) is 6.23. The molecule has 6 heteroatoms. The minimum absolute atomic E-state index is 0.0269. The van der Waals surface area contributed by atoms with Gasteiger partial charge in [0.05, 0.1) is 23.5 Å². The van der Waals surface area contributed by atoms with Gasteiger partial charge in [-0.3, -0.25) is 9.79 Å². The number of β-lactam (4-membered cyclic amide) rings is 1. The second-order valence-corrected chi connectivity index (χ2v) is 7.85. The average molecular weight is 335 g/mol. The fourth-order valence-corrected chi connectivity index (χ4v) is 5.32. The standard InChI is InChI=1S/C17H25N3O2S/c1-5-13-14-8-15(16(10(2)21)20(14)17(13)22)23-12-6-7-19(9-12)11(3)18-4/h12-14,21H,2,5-9H2,1,3-4H3/t12?,13-,14?/m1/s1. The van der Waals surface area contributed by atoms with E-state index >= 15 is 0 Å². The Kier molecular flexibility index (Phi) is 4.45. The number of aliphatic imine (C=N–C) groups is 1. The number of thioether (sulfide) groups is 1. The van der Waals surface area contributed by atoms with Crippen molar-refractivity contribution in [2.45, 2.75) is 44.4 Å². The van der Waals surface area contributed by atoms with Crippen molar-refractivity contribution in [3.63, 3.8) is 0 Å². The van der Waals surface area contributed by atoms with E-state index in [0.29, 0.717) is 10.9 Å². The van der Waals surface area contributed by atoms with Gasteiger partial charge in [0.25, 0.3) is 0 Å². The third-order valence-corrected chi connectivity index (χ3v) is 6.56. The van der Waals surface area contributed by atoms with E-state index in [1.165, 1.54) is 0 Å². The van der Waals surface area contributed by atoms with Crippen LogP contribution >= 0.6 is 11.8 Å². The van der Waals surface area contributed by atoms with Crippen LogP contribution in [0.4, 0.5) is 0 Å². The van der Waals surface area contributed by atoms with E-state index in [0.717, 1.165) is 43.1 Å². The SMILES string of the molecule is C=C(O)C1=C(SC2CCN(C(C)=NC)C2)CC2[C@@H](CC)C(=O)N12. The third kappa shape index (κ3) is 2.67. The highest BCUT2D eigenvalue weighted by atomic mass is 32.2. The van der Waals surface area contributed by atoms with Crippen LogP contribution in [0.2, 0.25) is 0 Å². The van der Waals surface area contributed by atoms with Gasteiger partial charge in [0.1, 0.15) is 5.76 Å². The molecule has 126 valence electrons. The summed E-state index contributed by atoms with van der Waals surface area (Å²) in [4.78, 5) is 21.7. The van der Waals surface area contributed by atoms with Crippen LogP contribution in [-0.2, 0) is 4.79 Å². The van der Waals surface area contributed by atoms with Crippen molar-refractivity contribution >= 4 is 23.5 Å². The number of carbonyl (C=O) groups is 1. The van der Waals surface area contributed by atoms with E-state index in [4.69, 9.17) is 0 Å². The number of likely N-dealkylation sites (tertiary alicyclic amines) is 1. The average Bonchev–Trinajstić information content (AvgIpc) is 3.10. The van der Waals surface area contributed by atoms with Gasteiger partial charge >= 0.3 is 0 Å². The van der Waals surface area contributed by atoms with Crippen LogP contribution in [-0.4, -0.2) is 58.1 Å². The molecule has 5 nitrogen and oxygen atoms in total. The van der Waals surface area contributed by atoms with Crippen molar-refractivity contribution < 1.29 is 9.90 Å². The molecule has 1 N–H and O–H groups in total. The largest absolute Gasteiger partial charge is 0.506 e. The molecule has 0 bridgehead atoms. The van der Waals surface area contributed by atoms with Crippen LogP contribution in [0.3, 0.4) is 0 Å². The minimum atomic E-state index is 0.0269. The van der Waals surface area contributed by atoms with Gasteiger partial charge in [-0.25, -0.2) is 0 Å². The summed E-state index contributed by atoms with van der Waals surface area (Å²) < 4.78 is 0. The van der Waals surface area contributed by atoms with Crippen LogP contribution in [0.25, 0.3) is 0 Å². The molecule has 0 saturated carbocycles. The van der Waals surface area contributed by atoms with Gasteiger partial charge in [0, 0.05) is 36.7 Å². The highest BCUT2D eigenvalue weighted by Crippen LogP contribution is 2.49. The lowest BCUT2D eigenvalue weighted by molar-refractivity contribution is -0.150. The van der Waals surface area contributed by atoms with Gasteiger partial charge in [-0.1, -0.05) is 13.5 Å². The Morgan fingerprint density at radius 3 is 2.87 bits per heavy atom. The van der Waals surface area contributed by atoms with Crippen LogP contribution < -0.4 is 0 Å². The van der Waals surface area contributed by atoms with Crippen molar-refractivity contribution in [2.75, 3.05) is 20.1 Å². The van der Waals surface area contributed by atoms with E-state index < -0.39 is 0 Å². The summed E-state index contributed by atoms with van der Waals surface area (Å²) in [6.45, 7) is 9.77. The number of carbonyl (C=O) groups excluding carboxylic acids is 1. The summed E-state index contributed by atoms with van der Waals surface area (Å²) >= 11 is 1.81. The number of rotatable bonds is 4. The molecule has 3 heterocycles. The predicted octanol–water partition coefficient (Wildman–Crippen LogP) is 2.77. The van der Waals surface area contributed by atoms with Crippen LogP contribution in [0.15, 0.2) is 27.9 Å². The van der Waals surface area contributed by atoms with E-state index in [9.17, 15) is 9.90 Å². The molecule has 3 aliphatic heterocycles. The summed E-state index contributed by atoms with van der Waals surface area (Å²) in [6.07, 6.45) is 2.83. The number of fused-ring (bicyclic) bond motifs is 1.